The van der Waals surface area contributed by atoms with Crippen LogP contribution in [-0.4, -0.2) is 76.0 Å². The Balaban J connectivity index is 1.58. The summed E-state index contributed by atoms with van der Waals surface area (Å²) in [6.45, 7) is 5.80. The van der Waals surface area contributed by atoms with Crippen LogP contribution in [0, 0.1) is 17.7 Å². The van der Waals surface area contributed by atoms with Crippen molar-refractivity contribution >= 4 is 17.3 Å². The number of benzene rings is 1. The quantitative estimate of drug-likeness (QED) is 0.534. The molecule has 1 aromatic carbocycles. The van der Waals surface area contributed by atoms with E-state index in [9.17, 15) is 9.50 Å². The number of hydrogen-bond donors (Lipinski definition) is 2. The molecule has 3 N–H and O–H groups in total. The molecule has 0 aliphatic carbocycles. The fraction of sp³-hybridized carbons (Fsp3) is 0.385. The molecular weight excluding hydrogens is 459 g/mol. The van der Waals surface area contributed by atoms with E-state index in [0.29, 0.717) is 42.5 Å². The first-order valence-corrected chi connectivity index (χ1v) is 11.9. The van der Waals surface area contributed by atoms with Crippen molar-refractivity contribution in [2.45, 2.75) is 32.4 Å². The summed E-state index contributed by atoms with van der Waals surface area (Å²) in [6.07, 6.45) is 1.93. The van der Waals surface area contributed by atoms with Crippen LogP contribution >= 0.6 is 0 Å². The maximum Gasteiger partial charge on any atom is 0.207 e. The van der Waals surface area contributed by atoms with Crippen LogP contribution in [0.15, 0.2) is 36.5 Å². The minimum absolute atomic E-state index is 0.0227. The molecule has 0 radical (unpaired) electrons. The van der Waals surface area contributed by atoms with E-state index >= 15 is 0 Å². The lowest BCUT2D eigenvalue weighted by Crippen LogP contribution is -2.36. The topological polar surface area (TPSA) is 108 Å². The van der Waals surface area contributed by atoms with E-state index in [1.54, 1.807) is 18.2 Å². The first kappa shape index (κ1) is 25.1. The van der Waals surface area contributed by atoms with E-state index in [0.717, 1.165) is 12.1 Å². The fourth-order valence-electron chi connectivity index (χ4n) is 4.00. The molecular formula is C26H31FN8O. The number of para-hydroxylation sites is 1. The summed E-state index contributed by atoms with van der Waals surface area (Å²) < 4.78 is 14.9. The molecule has 0 saturated carbocycles. The van der Waals surface area contributed by atoms with Gasteiger partial charge >= 0.3 is 0 Å². The standard InChI is InChI=1S/C26H31FN8O/c1-17(33(3)4)9-10-24-29-16-20(27)26(30-24)35-14-13-34(12-11-18(35)2)22-15-21(31-32-25(22)28)19-7-5-6-8-23(19)36/h5-8,15-18,36H,11-14H2,1-4H3,(H2,28,32)/t17?,18-/m0/s1. The van der Waals surface area contributed by atoms with Crippen LogP contribution in [0.1, 0.15) is 26.1 Å². The number of halogens is 1. The zero-order valence-corrected chi connectivity index (χ0v) is 21.0. The minimum atomic E-state index is -0.478. The Morgan fingerprint density at radius 3 is 2.72 bits per heavy atom. The maximum absolute atomic E-state index is 14.9. The average molecular weight is 491 g/mol. The van der Waals surface area contributed by atoms with Crippen molar-refractivity contribution < 1.29 is 9.50 Å². The Morgan fingerprint density at radius 2 is 1.97 bits per heavy atom. The van der Waals surface area contributed by atoms with Crippen molar-refractivity contribution in [3.8, 4) is 28.8 Å². The van der Waals surface area contributed by atoms with Crippen LogP contribution in [-0.2, 0) is 0 Å². The summed E-state index contributed by atoms with van der Waals surface area (Å²) in [4.78, 5) is 14.6. The van der Waals surface area contributed by atoms with Gasteiger partial charge in [0.15, 0.2) is 17.5 Å². The van der Waals surface area contributed by atoms with Crippen LogP contribution < -0.4 is 15.5 Å². The van der Waals surface area contributed by atoms with Gasteiger partial charge in [0, 0.05) is 31.2 Å². The minimum Gasteiger partial charge on any atom is -0.507 e. The summed E-state index contributed by atoms with van der Waals surface area (Å²) in [5.41, 5.74) is 8.04. The number of aromatic hydroxyl groups is 1. The summed E-state index contributed by atoms with van der Waals surface area (Å²) in [5, 5.41) is 18.5. The predicted molar refractivity (Wildman–Crippen MR) is 139 cm³/mol. The van der Waals surface area contributed by atoms with E-state index in [1.807, 2.05) is 49.9 Å². The van der Waals surface area contributed by atoms with Gasteiger partial charge in [-0.05, 0) is 58.5 Å². The van der Waals surface area contributed by atoms with Gasteiger partial charge in [-0.2, -0.15) is 0 Å². The molecule has 10 heteroatoms. The molecule has 1 saturated heterocycles. The Labute approximate surface area is 210 Å². The molecule has 9 nitrogen and oxygen atoms in total. The summed E-state index contributed by atoms with van der Waals surface area (Å²) >= 11 is 0. The van der Waals surface area contributed by atoms with Crippen molar-refractivity contribution in [3.05, 3.63) is 48.2 Å². The van der Waals surface area contributed by atoms with Crippen molar-refractivity contribution in [2.24, 2.45) is 0 Å². The fourth-order valence-corrected chi connectivity index (χ4v) is 4.00. The highest BCUT2D eigenvalue weighted by Crippen LogP contribution is 2.32. The van der Waals surface area contributed by atoms with Crippen molar-refractivity contribution in [3.63, 3.8) is 0 Å². The lowest BCUT2D eigenvalue weighted by Gasteiger charge is -2.28. The van der Waals surface area contributed by atoms with Crippen LogP contribution in [0.25, 0.3) is 11.3 Å². The number of nitrogens with zero attached hydrogens (tertiary/aromatic N) is 7. The maximum atomic E-state index is 14.9. The van der Waals surface area contributed by atoms with E-state index < -0.39 is 5.82 Å². The van der Waals surface area contributed by atoms with Gasteiger partial charge < -0.3 is 20.6 Å². The Hall–Kier alpha value is -3.97. The van der Waals surface area contributed by atoms with Crippen LogP contribution in [0.5, 0.6) is 5.75 Å². The van der Waals surface area contributed by atoms with Crippen molar-refractivity contribution in [2.75, 3.05) is 49.3 Å². The summed E-state index contributed by atoms with van der Waals surface area (Å²) in [5.74, 6) is 6.53. The van der Waals surface area contributed by atoms with Crippen LogP contribution in [0.4, 0.5) is 21.7 Å². The zero-order chi connectivity index (χ0) is 25.8. The van der Waals surface area contributed by atoms with Gasteiger partial charge in [-0.25, -0.2) is 14.4 Å². The highest BCUT2D eigenvalue weighted by molar-refractivity contribution is 5.74. The SMILES string of the molecule is CC(C#Cc1ncc(F)c(N2CCN(c3cc(-c4ccccc4O)nnc3N)CC[C@@H]2C)n1)N(C)C. The Bertz CT molecular complexity index is 1290. The molecule has 1 aliphatic rings. The van der Waals surface area contributed by atoms with Gasteiger partial charge in [-0.3, -0.25) is 4.90 Å². The van der Waals surface area contributed by atoms with E-state index in [2.05, 4.69) is 36.9 Å². The second kappa shape index (κ2) is 10.7. The molecule has 0 spiro atoms. The molecule has 3 heterocycles. The highest BCUT2D eigenvalue weighted by Gasteiger charge is 2.26. The lowest BCUT2D eigenvalue weighted by atomic mass is 10.1. The normalized spacial score (nSPS) is 16.9. The van der Waals surface area contributed by atoms with E-state index in [4.69, 9.17) is 5.73 Å². The monoisotopic (exact) mass is 490 g/mol. The third kappa shape index (κ3) is 5.47. The second-order valence-electron chi connectivity index (χ2n) is 9.11. The third-order valence-electron chi connectivity index (χ3n) is 6.45. The van der Waals surface area contributed by atoms with Gasteiger partial charge in [0.2, 0.25) is 5.82 Å². The van der Waals surface area contributed by atoms with Gasteiger partial charge in [0.25, 0.3) is 0 Å². The third-order valence-corrected chi connectivity index (χ3v) is 6.45. The smallest absolute Gasteiger partial charge is 0.207 e. The average Bonchev–Trinajstić information content (AvgIpc) is 3.05. The summed E-state index contributed by atoms with van der Waals surface area (Å²) in [6, 6.07) is 8.85. The first-order valence-electron chi connectivity index (χ1n) is 11.9. The van der Waals surface area contributed by atoms with Crippen LogP contribution in [0.3, 0.4) is 0 Å². The Kier molecular flexibility index (Phi) is 7.50. The molecule has 0 amide bonds. The number of phenolic OH excluding ortho intramolecular Hbond substituents is 1. The lowest BCUT2D eigenvalue weighted by molar-refractivity contribution is 0.373. The number of nitrogen functional groups attached to an aromatic ring is 1. The molecule has 2 aromatic heterocycles. The summed E-state index contributed by atoms with van der Waals surface area (Å²) in [7, 11) is 3.88. The van der Waals surface area contributed by atoms with Gasteiger partial charge in [-0.15, -0.1) is 10.2 Å². The van der Waals surface area contributed by atoms with Crippen LogP contribution in [0.2, 0.25) is 0 Å². The van der Waals surface area contributed by atoms with Gasteiger partial charge in [0.1, 0.15) is 5.75 Å². The predicted octanol–water partition coefficient (Wildman–Crippen LogP) is 2.77. The number of hydrogen-bond acceptors (Lipinski definition) is 9. The number of aromatic nitrogens is 4. The molecule has 1 fully saturated rings. The number of nitrogens with two attached hydrogens (primary N) is 1. The van der Waals surface area contributed by atoms with Gasteiger partial charge in [-0.1, -0.05) is 18.1 Å². The number of rotatable bonds is 4. The van der Waals surface area contributed by atoms with E-state index in [1.165, 1.54) is 6.20 Å². The largest absolute Gasteiger partial charge is 0.507 e. The highest BCUT2D eigenvalue weighted by atomic mass is 19.1. The first-order chi connectivity index (χ1) is 17.2. The molecule has 188 valence electrons. The molecule has 3 aromatic rings. The Morgan fingerprint density at radius 1 is 1.19 bits per heavy atom. The molecule has 36 heavy (non-hydrogen) atoms. The molecule has 4 rings (SSSR count). The van der Waals surface area contributed by atoms with Gasteiger partial charge in [0.05, 0.1) is 23.6 Å². The number of phenols is 1. The van der Waals surface area contributed by atoms with Crippen molar-refractivity contribution in [1.82, 2.24) is 25.1 Å². The molecule has 0 bridgehead atoms. The number of anilines is 3. The van der Waals surface area contributed by atoms with Crippen molar-refractivity contribution in [1.29, 1.82) is 0 Å². The molecule has 2 atom stereocenters. The zero-order valence-electron chi connectivity index (χ0n) is 21.0. The molecule has 1 aliphatic heterocycles. The van der Waals surface area contributed by atoms with E-state index in [-0.39, 0.29) is 23.7 Å². The second-order valence-corrected chi connectivity index (χ2v) is 9.11. The molecule has 1 unspecified atom stereocenters.